The van der Waals surface area contributed by atoms with Crippen LogP contribution in [0, 0.1) is 10.8 Å². The van der Waals surface area contributed by atoms with Crippen LogP contribution in [0.5, 0.6) is 0 Å². The smallest absolute Gasteiger partial charge is 0.0826 e. The van der Waals surface area contributed by atoms with Gasteiger partial charge >= 0.3 is 0 Å². The molecule has 0 aromatic heterocycles. The summed E-state index contributed by atoms with van der Waals surface area (Å²) in [5.74, 6) is 0. The molecular formula is C15H30N2O. The van der Waals surface area contributed by atoms with Gasteiger partial charge in [-0.2, -0.15) is 0 Å². The fraction of sp³-hybridized carbons (Fsp3) is 1.00. The second-order valence-corrected chi connectivity index (χ2v) is 7.37. The lowest BCUT2D eigenvalue weighted by atomic mass is 10.0. The lowest BCUT2D eigenvalue weighted by molar-refractivity contribution is -0.0376. The minimum absolute atomic E-state index is 0.355. The van der Waals surface area contributed by atoms with Crippen LogP contribution in [0.1, 0.15) is 41.5 Å². The Morgan fingerprint density at radius 1 is 1.22 bits per heavy atom. The van der Waals surface area contributed by atoms with Gasteiger partial charge in [-0.1, -0.05) is 27.7 Å². The maximum Gasteiger partial charge on any atom is 0.0826 e. The van der Waals surface area contributed by atoms with E-state index < -0.39 is 0 Å². The molecule has 3 nitrogen and oxygen atoms in total. The largest absolute Gasteiger partial charge is 0.374 e. The average Bonchev–Trinajstić information content (AvgIpc) is 2.67. The van der Waals surface area contributed by atoms with Gasteiger partial charge in [0, 0.05) is 31.7 Å². The van der Waals surface area contributed by atoms with Gasteiger partial charge < -0.3 is 10.1 Å². The Balaban J connectivity index is 1.78. The molecule has 0 spiro atoms. The van der Waals surface area contributed by atoms with Crippen molar-refractivity contribution in [1.29, 1.82) is 0 Å². The number of hydrogen-bond acceptors (Lipinski definition) is 3. The molecule has 18 heavy (non-hydrogen) atoms. The van der Waals surface area contributed by atoms with Crippen LogP contribution >= 0.6 is 0 Å². The van der Waals surface area contributed by atoms with E-state index in [1.807, 2.05) is 0 Å². The van der Waals surface area contributed by atoms with Crippen molar-refractivity contribution in [3.8, 4) is 0 Å². The molecule has 2 aliphatic rings. The molecule has 0 bridgehead atoms. The average molecular weight is 254 g/mol. The van der Waals surface area contributed by atoms with Crippen molar-refractivity contribution in [3.63, 3.8) is 0 Å². The highest BCUT2D eigenvalue weighted by molar-refractivity contribution is 5.17. The number of nitrogens with zero attached hydrogens (tertiary/aromatic N) is 1. The summed E-state index contributed by atoms with van der Waals surface area (Å²) < 4.78 is 5.87. The van der Waals surface area contributed by atoms with Crippen molar-refractivity contribution >= 4 is 0 Å². The minimum atomic E-state index is 0.355. The number of nitrogens with one attached hydrogen (secondary N) is 1. The molecule has 0 amide bonds. The lowest BCUT2D eigenvalue weighted by Gasteiger charge is -2.35. The molecule has 1 saturated heterocycles. The van der Waals surface area contributed by atoms with Crippen molar-refractivity contribution in [2.75, 3.05) is 26.2 Å². The Bertz CT molecular complexity index is 285. The first-order valence-electron chi connectivity index (χ1n) is 7.36. The fourth-order valence-electron chi connectivity index (χ4n) is 3.29. The lowest BCUT2D eigenvalue weighted by Crippen LogP contribution is -2.49. The van der Waals surface area contributed by atoms with Crippen LogP contribution in [0.4, 0.5) is 0 Å². The van der Waals surface area contributed by atoms with E-state index in [9.17, 15) is 0 Å². The van der Waals surface area contributed by atoms with Gasteiger partial charge in [0.1, 0.15) is 0 Å². The summed E-state index contributed by atoms with van der Waals surface area (Å²) in [6.07, 6.45) is 0.355. The van der Waals surface area contributed by atoms with E-state index in [0.29, 0.717) is 29.0 Å². The zero-order chi connectivity index (χ0) is 13.6. The SMILES string of the molecule is CC(C)N1CCOC(CNC2C(C)(C)C2(C)C)C1. The van der Waals surface area contributed by atoms with Gasteiger partial charge in [0.05, 0.1) is 12.7 Å². The normalized spacial score (nSPS) is 31.8. The van der Waals surface area contributed by atoms with Crippen molar-refractivity contribution in [1.82, 2.24) is 10.2 Å². The van der Waals surface area contributed by atoms with Crippen LogP contribution in [0.3, 0.4) is 0 Å². The Morgan fingerprint density at radius 3 is 2.33 bits per heavy atom. The maximum atomic E-state index is 5.87. The van der Waals surface area contributed by atoms with Crippen LogP contribution in [0.25, 0.3) is 0 Å². The molecule has 106 valence electrons. The predicted molar refractivity (Wildman–Crippen MR) is 75.8 cm³/mol. The van der Waals surface area contributed by atoms with E-state index in [-0.39, 0.29) is 0 Å². The summed E-state index contributed by atoms with van der Waals surface area (Å²) in [6, 6.07) is 1.26. The number of hydrogen-bond donors (Lipinski definition) is 1. The minimum Gasteiger partial charge on any atom is -0.374 e. The van der Waals surface area contributed by atoms with Crippen molar-refractivity contribution in [3.05, 3.63) is 0 Å². The Kier molecular flexibility index (Phi) is 3.79. The molecule has 1 unspecified atom stereocenters. The summed E-state index contributed by atoms with van der Waals surface area (Å²) in [5, 5.41) is 3.71. The van der Waals surface area contributed by atoms with Gasteiger partial charge in [0.25, 0.3) is 0 Å². The van der Waals surface area contributed by atoms with E-state index in [0.717, 1.165) is 26.2 Å². The van der Waals surface area contributed by atoms with Crippen LogP contribution in [0.15, 0.2) is 0 Å². The highest BCUT2D eigenvalue weighted by Gasteiger charge is 2.64. The Labute approximate surface area is 112 Å². The summed E-state index contributed by atoms with van der Waals surface area (Å²) in [6.45, 7) is 18.0. The van der Waals surface area contributed by atoms with E-state index >= 15 is 0 Å². The van der Waals surface area contributed by atoms with Gasteiger partial charge in [0.15, 0.2) is 0 Å². The van der Waals surface area contributed by atoms with Crippen LogP contribution in [-0.2, 0) is 4.74 Å². The van der Waals surface area contributed by atoms with Crippen molar-refractivity contribution < 1.29 is 4.74 Å². The molecule has 1 N–H and O–H groups in total. The molecule has 3 heteroatoms. The summed E-state index contributed by atoms with van der Waals surface area (Å²) >= 11 is 0. The van der Waals surface area contributed by atoms with Gasteiger partial charge in [0.2, 0.25) is 0 Å². The summed E-state index contributed by atoms with van der Waals surface area (Å²) in [4.78, 5) is 2.51. The highest BCUT2D eigenvalue weighted by Crippen LogP contribution is 2.62. The van der Waals surface area contributed by atoms with Gasteiger partial charge in [-0.15, -0.1) is 0 Å². The van der Waals surface area contributed by atoms with Crippen LogP contribution in [-0.4, -0.2) is 49.3 Å². The zero-order valence-electron chi connectivity index (χ0n) is 12.9. The number of morpholine rings is 1. The Hall–Kier alpha value is -0.120. The van der Waals surface area contributed by atoms with Gasteiger partial charge in [-0.25, -0.2) is 0 Å². The predicted octanol–water partition coefficient (Wildman–Crippen LogP) is 2.12. The third-order valence-corrected chi connectivity index (χ3v) is 5.47. The molecule has 0 aromatic rings. The maximum absolute atomic E-state index is 5.87. The highest BCUT2D eigenvalue weighted by atomic mass is 16.5. The fourth-order valence-corrected chi connectivity index (χ4v) is 3.29. The molecule has 2 rings (SSSR count). The molecule has 1 atom stereocenters. The topological polar surface area (TPSA) is 24.5 Å². The summed E-state index contributed by atoms with van der Waals surface area (Å²) in [7, 11) is 0. The molecular weight excluding hydrogens is 224 g/mol. The van der Waals surface area contributed by atoms with E-state index in [1.54, 1.807) is 0 Å². The van der Waals surface area contributed by atoms with Crippen LogP contribution < -0.4 is 5.32 Å². The monoisotopic (exact) mass is 254 g/mol. The first kappa shape index (κ1) is 14.3. The molecule has 1 saturated carbocycles. The second-order valence-electron chi connectivity index (χ2n) is 7.37. The summed E-state index contributed by atoms with van der Waals surface area (Å²) in [5.41, 5.74) is 0.832. The number of ether oxygens (including phenoxy) is 1. The van der Waals surface area contributed by atoms with E-state index in [1.165, 1.54) is 0 Å². The first-order valence-corrected chi connectivity index (χ1v) is 7.36. The number of rotatable bonds is 4. The molecule has 1 heterocycles. The van der Waals surface area contributed by atoms with E-state index in [4.69, 9.17) is 4.74 Å². The van der Waals surface area contributed by atoms with Crippen molar-refractivity contribution in [2.45, 2.75) is 59.7 Å². The van der Waals surface area contributed by atoms with E-state index in [2.05, 4.69) is 51.8 Å². The first-order chi connectivity index (χ1) is 8.26. The standard InChI is InChI=1S/C15H30N2O/c1-11(2)17-7-8-18-12(10-17)9-16-13-14(3,4)15(13,5)6/h11-13,16H,7-10H2,1-6H3. The van der Waals surface area contributed by atoms with Gasteiger partial charge in [-0.3, -0.25) is 4.90 Å². The zero-order valence-corrected chi connectivity index (χ0v) is 12.9. The second kappa shape index (κ2) is 4.77. The molecule has 0 radical (unpaired) electrons. The molecule has 0 aromatic carbocycles. The van der Waals surface area contributed by atoms with Crippen LogP contribution in [0.2, 0.25) is 0 Å². The molecule has 1 aliphatic heterocycles. The third-order valence-electron chi connectivity index (χ3n) is 5.47. The quantitative estimate of drug-likeness (QED) is 0.832. The third kappa shape index (κ3) is 2.45. The molecule has 1 aliphatic carbocycles. The van der Waals surface area contributed by atoms with Gasteiger partial charge in [-0.05, 0) is 24.7 Å². The van der Waals surface area contributed by atoms with Crippen molar-refractivity contribution in [2.24, 2.45) is 10.8 Å². The molecule has 2 fully saturated rings. The Morgan fingerprint density at radius 2 is 1.83 bits per heavy atom.